The van der Waals surface area contributed by atoms with Gasteiger partial charge in [0.1, 0.15) is 4.90 Å². The van der Waals surface area contributed by atoms with Crippen molar-refractivity contribution in [2.24, 2.45) is 0 Å². The summed E-state index contributed by atoms with van der Waals surface area (Å²) in [5.74, 6) is 0. The minimum absolute atomic E-state index is 0.0345. The lowest BCUT2D eigenvalue weighted by Gasteiger charge is -2.18. The molecule has 0 saturated carbocycles. The van der Waals surface area contributed by atoms with E-state index in [2.05, 4.69) is 20.9 Å². The molecule has 0 amide bonds. The minimum atomic E-state index is -3.55. The fraction of sp³-hybridized carbons (Fsp3) is 0.444. The number of rotatable bonds is 4. The van der Waals surface area contributed by atoms with Crippen molar-refractivity contribution in [2.45, 2.75) is 18.7 Å². The van der Waals surface area contributed by atoms with Gasteiger partial charge in [0.25, 0.3) is 0 Å². The predicted octanol–water partition coefficient (Wildman–Crippen LogP) is 2.53. The molecule has 0 aliphatic carbocycles. The van der Waals surface area contributed by atoms with Crippen LogP contribution in [-0.2, 0) is 10.0 Å². The molecule has 1 aromatic heterocycles. The van der Waals surface area contributed by atoms with Crippen LogP contribution in [0.5, 0.6) is 0 Å². The van der Waals surface area contributed by atoms with Crippen LogP contribution in [-0.4, -0.2) is 30.8 Å². The molecule has 0 spiro atoms. The molecule has 0 aliphatic rings. The lowest BCUT2D eigenvalue weighted by molar-refractivity contribution is 0.445. The third kappa shape index (κ3) is 2.56. The average molecular weight is 328 g/mol. The number of hydrogen-bond acceptors (Lipinski definition) is 3. The normalized spacial score (nSPS) is 12.1. The second kappa shape index (κ2) is 5.44. The van der Waals surface area contributed by atoms with E-state index in [0.717, 1.165) is 0 Å². The largest absolute Gasteiger partial charge is 0.262 e. The Morgan fingerprint density at radius 3 is 2.44 bits per heavy atom. The van der Waals surface area contributed by atoms with Gasteiger partial charge in [0.2, 0.25) is 10.0 Å². The van der Waals surface area contributed by atoms with Crippen molar-refractivity contribution in [2.75, 3.05) is 13.1 Å². The number of pyridine rings is 1. The monoisotopic (exact) mass is 326 g/mol. The Morgan fingerprint density at radius 1 is 1.38 bits per heavy atom. The van der Waals surface area contributed by atoms with Gasteiger partial charge < -0.3 is 0 Å². The van der Waals surface area contributed by atoms with Gasteiger partial charge in [0, 0.05) is 25.5 Å². The van der Waals surface area contributed by atoms with Crippen LogP contribution in [0.1, 0.15) is 13.8 Å². The molecule has 4 nitrogen and oxygen atoms in total. The van der Waals surface area contributed by atoms with Crippen molar-refractivity contribution < 1.29 is 8.42 Å². The molecule has 0 atom stereocenters. The van der Waals surface area contributed by atoms with Crippen LogP contribution in [0, 0.1) is 0 Å². The van der Waals surface area contributed by atoms with E-state index in [1.54, 1.807) is 13.8 Å². The van der Waals surface area contributed by atoms with E-state index in [9.17, 15) is 8.42 Å². The Labute approximate surface area is 109 Å². The summed E-state index contributed by atoms with van der Waals surface area (Å²) >= 11 is 9.10. The highest BCUT2D eigenvalue weighted by Crippen LogP contribution is 2.29. The number of hydrogen-bond donors (Lipinski definition) is 0. The molecule has 1 heterocycles. The maximum atomic E-state index is 12.1. The SMILES string of the molecule is CCN(CC)S(=O)(=O)c1cncc(Br)c1Cl. The van der Waals surface area contributed by atoms with E-state index < -0.39 is 10.0 Å². The molecule has 0 radical (unpaired) electrons. The van der Waals surface area contributed by atoms with Crippen molar-refractivity contribution in [1.82, 2.24) is 9.29 Å². The number of sulfonamides is 1. The quantitative estimate of drug-likeness (QED) is 0.854. The minimum Gasteiger partial charge on any atom is -0.262 e. The summed E-state index contributed by atoms with van der Waals surface area (Å²) in [6.45, 7) is 4.37. The fourth-order valence-corrected chi connectivity index (χ4v) is 3.63. The van der Waals surface area contributed by atoms with Gasteiger partial charge in [-0.15, -0.1) is 0 Å². The van der Waals surface area contributed by atoms with Crippen LogP contribution < -0.4 is 0 Å². The Hall–Kier alpha value is -0.170. The van der Waals surface area contributed by atoms with E-state index >= 15 is 0 Å². The van der Waals surface area contributed by atoms with Gasteiger partial charge in [-0.1, -0.05) is 25.4 Å². The lowest BCUT2D eigenvalue weighted by Crippen LogP contribution is -2.30. The molecule has 0 aliphatic heterocycles. The highest BCUT2D eigenvalue weighted by molar-refractivity contribution is 9.10. The first-order valence-electron chi connectivity index (χ1n) is 4.74. The maximum absolute atomic E-state index is 12.1. The molecule has 0 fully saturated rings. The van der Waals surface area contributed by atoms with Crippen molar-refractivity contribution in [3.05, 3.63) is 21.9 Å². The molecule has 16 heavy (non-hydrogen) atoms. The highest BCUT2D eigenvalue weighted by atomic mass is 79.9. The van der Waals surface area contributed by atoms with Crippen LogP contribution in [0.3, 0.4) is 0 Å². The molecule has 1 rings (SSSR count). The smallest absolute Gasteiger partial charge is 0.246 e. The van der Waals surface area contributed by atoms with Gasteiger partial charge in [-0.2, -0.15) is 4.31 Å². The first kappa shape index (κ1) is 13.9. The number of nitrogens with zero attached hydrogens (tertiary/aromatic N) is 2. The molecular weight excluding hydrogens is 316 g/mol. The molecule has 0 aromatic carbocycles. The first-order chi connectivity index (χ1) is 7.45. The van der Waals surface area contributed by atoms with E-state index in [0.29, 0.717) is 17.6 Å². The fourth-order valence-electron chi connectivity index (χ4n) is 1.28. The van der Waals surface area contributed by atoms with E-state index in [-0.39, 0.29) is 9.92 Å². The molecule has 0 bridgehead atoms. The summed E-state index contributed by atoms with van der Waals surface area (Å²) in [6.07, 6.45) is 2.73. The van der Waals surface area contributed by atoms with Crippen molar-refractivity contribution in [1.29, 1.82) is 0 Å². The molecular formula is C9H12BrClN2O2S. The summed E-state index contributed by atoms with van der Waals surface area (Å²) in [7, 11) is -3.55. The van der Waals surface area contributed by atoms with Crippen molar-refractivity contribution in [3.63, 3.8) is 0 Å². The van der Waals surface area contributed by atoms with Crippen LogP contribution in [0.4, 0.5) is 0 Å². The average Bonchev–Trinajstić information content (AvgIpc) is 2.23. The molecule has 1 aromatic rings. The van der Waals surface area contributed by atoms with Crippen LogP contribution >= 0.6 is 27.5 Å². The topological polar surface area (TPSA) is 50.3 Å². The third-order valence-corrected chi connectivity index (χ3v) is 5.54. The van der Waals surface area contributed by atoms with Crippen LogP contribution in [0.2, 0.25) is 5.02 Å². The van der Waals surface area contributed by atoms with Gasteiger partial charge in [0.15, 0.2) is 0 Å². The third-order valence-electron chi connectivity index (χ3n) is 2.13. The summed E-state index contributed by atoms with van der Waals surface area (Å²) in [6, 6.07) is 0. The Kier molecular flexibility index (Phi) is 4.73. The second-order valence-electron chi connectivity index (χ2n) is 3.02. The van der Waals surface area contributed by atoms with E-state index in [4.69, 9.17) is 11.6 Å². The molecule has 0 saturated heterocycles. The number of aromatic nitrogens is 1. The summed E-state index contributed by atoms with van der Waals surface area (Å²) in [5, 5.41) is 0.168. The zero-order valence-electron chi connectivity index (χ0n) is 8.94. The summed E-state index contributed by atoms with van der Waals surface area (Å²) in [5.41, 5.74) is 0. The standard InChI is InChI=1S/C9H12BrClN2O2S/c1-3-13(4-2)16(14,15)8-6-12-5-7(10)9(8)11/h5-6H,3-4H2,1-2H3. The zero-order valence-corrected chi connectivity index (χ0v) is 12.1. The second-order valence-corrected chi connectivity index (χ2v) is 6.16. The van der Waals surface area contributed by atoms with Gasteiger partial charge in [-0.3, -0.25) is 4.98 Å². The molecule has 7 heteroatoms. The van der Waals surface area contributed by atoms with Crippen molar-refractivity contribution in [3.8, 4) is 0 Å². The van der Waals surface area contributed by atoms with Crippen LogP contribution in [0.15, 0.2) is 21.8 Å². The first-order valence-corrected chi connectivity index (χ1v) is 7.35. The van der Waals surface area contributed by atoms with Gasteiger partial charge in [0.05, 0.1) is 9.50 Å². The Bertz CT molecular complexity index is 474. The van der Waals surface area contributed by atoms with Crippen LogP contribution in [0.25, 0.3) is 0 Å². The molecule has 0 N–H and O–H groups in total. The van der Waals surface area contributed by atoms with Gasteiger partial charge in [-0.25, -0.2) is 8.42 Å². The number of halogens is 2. The summed E-state index contributed by atoms with van der Waals surface area (Å²) in [4.78, 5) is 3.86. The Morgan fingerprint density at radius 2 is 1.94 bits per heavy atom. The van der Waals surface area contributed by atoms with Crippen molar-refractivity contribution >= 4 is 37.6 Å². The lowest BCUT2D eigenvalue weighted by atomic mass is 10.5. The van der Waals surface area contributed by atoms with Gasteiger partial charge >= 0.3 is 0 Å². The van der Waals surface area contributed by atoms with E-state index in [1.165, 1.54) is 16.7 Å². The summed E-state index contributed by atoms with van der Waals surface area (Å²) < 4.78 is 26.1. The predicted molar refractivity (Wildman–Crippen MR) is 67.1 cm³/mol. The molecule has 90 valence electrons. The maximum Gasteiger partial charge on any atom is 0.246 e. The zero-order chi connectivity index (χ0) is 12.3. The van der Waals surface area contributed by atoms with E-state index in [1.807, 2.05) is 0 Å². The van der Waals surface area contributed by atoms with Gasteiger partial charge in [-0.05, 0) is 15.9 Å². The Balaban J connectivity index is 3.33. The molecule has 0 unspecified atom stereocenters. The highest BCUT2D eigenvalue weighted by Gasteiger charge is 2.25.